The van der Waals surface area contributed by atoms with Gasteiger partial charge in [0.25, 0.3) is 0 Å². The van der Waals surface area contributed by atoms with Crippen molar-refractivity contribution in [3.63, 3.8) is 0 Å². The summed E-state index contributed by atoms with van der Waals surface area (Å²) < 4.78 is 37.3. The van der Waals surface area contributed by atoms with Crippen molar-refractivity contribution in [2.75, 3.05) is 0 Å². The fourth-order valence-electron chi connectivity index (χ4n) is 1.08. The Morgan fingerprint density at radius 3 is 2.47 bits per heavy atom. The Balaban J connectivity index is 3.28. The molecule has 3 N–H and O–H groups in total. The maximum atomic E-state index is 12.4. The van der Waals surface area contributed by atoms with Gasteiger partial charge >= 0.3 is 6.18 Å². The summed E-state index contributed by atoms with van der Waals surface area (Å²) in [5.74, 6) is 4.05. The van der Waals surface area contributed by atoms with Crippen LogP contribution in [0.1, 0.15) is 11.1 Å². The molecule has 0 spiro atoms. The highest BCUT2D eigenvalue weighted by Gasteiger charge is 2.34. The van der Waals surface area contributed by atoms with E-state index in [1.165, 1.54) is 0 Å². The number of hydrogen-bond donors (Lipinski definition) is 2. The molecule has 15 heavy (non-hydrogen) atoms. The van der Waals surface area contributed by atoms with E-state index in [1.54, 1.807) is 0 Å². The molecule has 3 nitrogen and oxygen atoms in total. The zero-order chi connectivity index (χ0) is 11.6. The van der Waals surface area contributed by atoms with Gasteiger partial charge in [-0.05, 0) is 17.7 Å². The highest BCUT2D eigenvalue weighted by Crippen LogP contribution is 2.37. The van der Waals surface area contributed by atoms with E-state index >= 15 is 0 Å². The number of rotatable bonds is 2. The van der Waals surface area contributed by atoms with Crippen LogP contribution in [-0.4, -0.2) is 5.11 Å². The molecule has 7 heteroatoms. The minimum atomic E-state index is -4.59. The lowest BCUT2D eigenvalue weighted by Crippen LogP contribution is -2.11. The topological polar surface area (TPSA) is 55.5 Å². The average Bonchev–Trinajstić information content (AvgIpc) is 2.09. The largest absolute Gasteiger partial charge is 0.506 e. The molecule has 0 aliphatic heterocycles. The molecule has 0 fully saturated rings. The highest BCUT2D eigenvalue weighted by atomic mass is 35.5. The van der Waals surface area contributed by atoms with Crippen molar-refractivity contribution in [2.24, 2.45) is 5.90 Å². The van der Waals surface area contributed by atoms with E-state index < -0.39 is 24.1 Å². The van der Waals surface area contributed by atoms with Crippen molar-refractivity contribution >= 4 is 11.6 Å². The molecule has 1 aromatic carbocycles. The Bertz CT molecular complexity index is 368. The first-order valence-electron chi connectivity index (χ1n) is 3.76. The van der Waals surface area contributed by atoms with E-state index in [2.05, 4.69) is 10.7 Å². The van der Waals surface area contributed by atoms with Crippen LogP contribution in [0.2, 0.25) is 5.02 Å². The SMILES string of the molecule is NOCc1cc(Cl)c(O)cc1C(F)(F)F. The molecule has 0 aliphatic rings. The van der Waals surface area contributed by atoms with Crippen LogP contribution in [0, 0.1) is 0 Å². The molecule has 0 unspecified atom stereocenters. The van der Waals surface area contributed by atoms with Crippen molar-refractivity contribution in [3.8, 4) is 5.75 Å². The van der Waals surface area contributed by atoms with Crippen LogP contribution < -0.4 is 5.90 Å². The smallest absolute Gasteiger partial charge is 0.416 e. The lowest BCUT2D eigenvalue weighted by Gasteiger charge is -2.13. The van der Waals surface area contributed by atoms with Crippen molar-refractivity contribution in [1.82, 2.24) is 0 Å². The molecule has 0 aliphatic carbocycles. The first kappa shape index (κ1) is 12.1. The Morgan fingerprint density at radius 1 is 1.40 bits per heavy atom. The normalized spacial score (nSPS) is 11.8. The van der Waals surface area contributed by atoms with Crippen LogP contribution in [0.15, 0.2) is 12.1 Å². The Hall–Kier alpha value is -0.980. The Morgan fingerprint density at radius 2 is 2.00 bits per heavy atom. The lowest BCUT2D eigenvalue weighted by molar-refractivity contribution is -0.139. The van der Waals surface area contributed by atoms with Gasteiger partial charge in [0, 0.05) is 0 Å². The van der Waals surface area contributed by atoms with Gasteiger partial charge in [0.15, 0.2) is 0 Å². The van der Waals surface area contributed by atoms with Gasteiger partial charge in [0.05, 0.1) is 17.2 Å². The minimum absolute atomic E-state index is 0.185. The summed E-state index contributed by atoms with van der Waals surface area (Å²) in [4.78, 5) is 4.12. The molecule has 0 radical (unpaired) electrons. The quantitative estimate of drug-likeness (QED) is 0.782. The standard InChI is InChI=1S/C8H7ClF3NO2/c9-6-1-4(3-15-13)5(2-7(6)14)8(10,11)12/h1-2,14H,3,13H2. The molecule has 1 aromatic rings. The highest BCUT2D eigenvalue weighted by molar-refractivity contribution is 6.32. The fraction of sp³-hybridized carbons (Fsp3) is 0.250. The van der Waals surface area contributed by atoms with Gasteiger partial charge in [-0.1, -0.05) is 11.6 Å². The monoisotopic (exact) mass is 241 g/mol. The Labute approximate surface area is 88.2 Å². The summed E-state index contributed by atoms with van der Waals surface area (Å²) >= 11 is 5.46. The van der Waals surface area contributed by atoms with Crippen LogP contribution in [0.4, 0.5) is 13.2 Å². The molecule has 0 heterocycles. The maximum absolute atomic E-state index is 12.4. The molecule has 0 saturated heterocycles. The first-order chi connectivity index (χ1) is 6.86. The summed E-state index contributed by atoms with van der Waals surface area (Å²) in [5, 5.41) is 8.87. The van der Waals surface area contributed by atoms with E-state index in [1.807, 2.05) is 0 Å². The zero-order valence-corrected chi connectivity index (χ0v) is 8.06. The van der Waals surface area contributed by atoms with E-state index in [9.17, 15) is 13.2 Å². The summed E-state index contributed by atoms with van der Waals surface area (Å²) in [7, 11) is 0. The van der Waals surface area contributed by atoms with Gasteiger partial charge in [0.2, 0.25) is 0 Å². The summed E-state index contributed by atoms with van der Waals surface area (Å²) in [6.45, 7) is -0.436. The van der Waals surface area contributed by atoms with Gasteiger partial charge in [0.1, 0.15) is 5.75 Å². The lowest BCUT2D eigenvalue weighted by atomic mass is 10.1. The third-order valence-electron chi connectivity index (χ3n) is 1.72. The maximum Gasteiger partial charge on any atom is 0.416 e. The second-order valence-electron chi connectivity index (χ2n) is 2.77. The zero-order valence-electron chi connectivity index (χ0n) is 7.31. The second kappa shape index (κ2) is 4.26. The van der Waals surface area contributed by atoms with Crippen molar-refractivity contribution in [3.05, 3.63) is 28.3 Å². The molecule has 0 atom stereocenters. The molecule has 0 aromatic heterocycles. The minimum Gasteiger partial charge on any atom is -0.506 e. The van der Waals surface area contributed by atoms with Gasteiger partial charge in [-0.2, -0.15) is 13.2 Å². The summed E-state index contributed by atoms with van der Waals surface area (Å²) in [6.07, 6.45) is -4.59. The first-order valence-corrected chi connectivity index (χ1v) is 4.14. The fourth-order valence-corrected chi connectivity index (χ4v) is 1.26. The third kappa shape index (κ3) is 2.74. The number of phenols is 1. The number of aromatic hydroxyl groups is 1. The van der Waals surface area contributed by atoms with E-state index in [-0.39, 0.29) is 10.6 Å². The van der Waals surface area contributed by atoms with Crippen LogP contribution in [0.25, 0.3) is 0 Å². The van der Waals surface area contributed by atoms with Gasteiger partial charge in [-0.15, -0.1) is 0 Å². The molecule has 0 amide bonds. The van der Waals surface area contributed by atoms with Crippen LogP contribution in [-0.2, 0) is 17.6 Å². The van der Waals surface area contributed by atoms with E-state index in [4.69, 9.17) is 16.7 Å². The molecular formula is C8H7ClF3NO2. The molecule has 0 saturated carbocycles. The average molecular weight is 242 g/mol. The molecule has 1 rings (SSSR count). The number of alkyl halides is 3. The van der Waals surface area contributed by atoms with Gasteiger partial charge < -0.3 is 5.11 Å². The van der Waals surface area contributed by atoms with Crippen LogP contribution in [0.3, 0.4) is 0 Å². The predicted molar refractivity (Wildman–Crippen MR) is 47.1 cm³/mol. The van der Waals surface area contributed by atoms with Crippen molar-refractivity contribution < 1.29 is 23.1 Å². The van der Waals surface area contributed by atoms with E-state index in [0.717, 1.165) is 6.07 Å². The summed E-state index contributed by atoms with van der Waals surface area (Å²) in [5.41, 5.74) is -1.25. The van der Waals surface area contributed by atoms with Crippen molar-refractivity contribution in [1.29, 1.82) is 0 Å². The Kier molecular flexibility index (Phi) is 3.43. The van der Waals surface area contributed by atoms with Gasteiger partial charge in [-0.3, -0.25) is 4.84 Å². The van der Waals surface area contributed by atoms with Crippen LogP contribution >= 0.6 is 11.6 Å². The molecular weight excluding hydrogens is 235 g/mol. The number of halogens is 4. The number of nitrogens with two attached hydrogens (primary N) is 1. The molecule has 84 valence electrons. The number of benzene rings is 1. The molecule has 0 bridgehead atoms. The summed E-state index contributed by atoms with van der Waals surface area (Å²) in [6, 6.07) is 1.50. The van der Waals surface area contributed by atoms with Gasteiger partial charge in [-0.25, -0.2) is 5.90 Å². The third-order valence-corrected chi connectivity index (χ3v) is 2.02. The predicted octanol–water partition coefficient (Wildman–Crippen LogP) is 2.45. The number of hydrogen-bond acceptors (Lipinski definition) is 3. The van der Waals surface area contributed by atoms with Crippen molar-refractivity contribution in [2.45, 2.75) is 12.8 Å². The van der Waals surface area contributed by atoms with E-state index in [0.29, 0.717) is 6.07 Å². The second-order valence-corrected chi connectivity index (χ2v) is 3.18. The van der Waals surface area contributed by atoms with Crippen LogP contribution in [0.5, 0.6) is 5.75 Å². The number of phenolic OH excluding ortho intramolecular Hbond substituents is 1.